The van der Waals surface area contributed by atoms with Gasteiger partial charge < -0.3 is 9.05 Å². The standard InChI is InChI=1S/C6H9O2PS2/c1-3-6-4-5-7-9(10,8-6)11-2/h1,6H,4-5H2,2H3. The molecule has 1 aliphatic rings. The summed E-state index contributed by atoms with van der Waals surface area (Å²) < 4.78 is 10.7. The normalized spacial score (nSPS) is 38.0. The first kappa shape index (κ1) is 9.57. The summed E-state index contributed by atoms with van der Waals surface area (Å²) in [5.41, 5.74) is -2.06. The summed E-state index contributed by atoms with van der Waals surface area (Å²) in [4.78, 5) is 0. The van der Waals surface area contributed by atoms with E-state index in [1.54, 1.807) is 0 Å². The van der Waals surface area contributed by atoms with E-state index in [1.165, 1.54) is 11.4 Å². The molecule has 0 N–H and O–H groups in total. The van der Waals surface area contributed by atoms with Gasteiger partial charge in [-0.1, -0.05) is 17.3 Å². The van der Waals surface area contributed by atoms with Crippen LogP contribution in [-0.4, -0.2) is 19.0 Å². The number of hydrogen-bond donors (Lipinski definition) is 0. The lowest BCUT2D eigenvalue weighted by Gasteiger charge is -2.28. The van der Waals surface area contributed by atoms with Crippen LogP contribution in [0.25, 0.3) is 0 Å². The van der Waals surface area contributed by atoms with Crippen molar-refractivity contribution < 1.29 is 9.05 Å². The van der Waals surface area contributed by atoms with Gasteiger partial charge in [-0.15, -0.1) is 6.42 Å². The maximum absolute atomic E-state index is 5.40. The van der Waals surface area contributed by atoms with Gasteiger partial charge in [-0.2, -0.15) is 0 Å². The third-order valence-corrected chi connectivity index (χ3v) is 6.59. The zero-order valence-corrected chi connectivity index (χ0v) is 8.68. The van der Waals surface area contributed by atoms with E-state index in [4.69, 9.17) is 27.3 Å². The van der Waals surface area contributed by atoms with Crippen LogP contribution in [0.15, 0.2) is 0 Å². The van der Waals surface area contributed by atoms with Crippen LogP contribution in [0.1, 0.15) is 6.42 Å². The second-order valence-electron chi connectivity index (χ2n) is 2.01. The molecule has 0 aromatic rings. The molecular formula is C6H9O2PS2. The van der Waals surface area contributed by atoms with Crippen molar-refractivity contribution in [1.82, 2.24) is 0 Å². The molecule has 1 aliphatic heterocycles. The Balaban J connectivity index is 2.61. The molecule has 1 saturated heterocycles. The summed E-state index contributed by atoms with van der Waals surface area (Å²) in [6.07, 6.45) is 7.72. The van der Waals surface area contributed by atoms with Crippen molar-refractivity contribution in [3.05, 3.63) is 0 Å². The van der Waals surface area contributed by atoms with Crippen molar-refractivity contribution in [2.24, 2.45) is 0 Å². The minimum absolute atomic E-state index is 0.137. The quantitative estimate of drug-likeness (QED) is 0.484. The fraction of sp³-hybridized carbons (Fsp3) is 0.667. The SMILES string of the molecule is C#CC1CCOP(=S)(SC)O1. The molecule has 0 aliphatic carbocycles. The van der Waals surface area contributed by atoms with Gasteiger partial charge in [-0.05, 0) is 18.1 Å². The van der Waals surface area contributed by atoms with E-state index in [1.807, 2.05) is 6.26 Å². The van der Waals surface area contributed by atoms with Crippen molar-refractivity contribution in [1.29, 1.82) is 0 Å². The Morgan fingerprint density at radius 2 is 2.55 bits per heavy atom. The number of hydrogen-bond acceptors (Lipinski definition) is 4. The third kappa shape index (κ3) is 2.47. The molecule has 0 spiro atoms. The van der Waals surface area contributed by atoms with Gasteiger partial charge in [0.1, 0.15) is 6.10 Å². The molecule has 1 rings (SSSR count). The fourth-order valence-electron chi connectivity index (χ4n) is 0.720. The molecule has 0 aromatic carbocycles. The Kier molecular flexibility index (Phi) is 3.42. The molecule has 2 unspecified atom stereocenters. The molecule has 2 nitrogen and oxygen atoms in total. The van der Waals surface area contributed by atoms with E-state index < -0.39 is 5.69 Å². The van der Waals surface area contributed by atoms with Crippen molar-refractivity contribution in [3.63, 3.8) is 0 Å². The second kappa shape index (κ2) is 3.93. The van der Waals surface area contributed by atoms with E-state index in [2.05, 4.69) is 5.92 Å². The van der Waals surface area contributed by atoms with Crippen LogP contribution in [0.4, 0.5) is 0 Å². The molecule has 1 fully saturated rings. The largest absolute Gasteiger partial charge is 0.322 e. The molecule has 62 valence electrons. The highest BCUT2D eigenvalue weighted by Crippen LogP contribution is 2.62. The monoisotopic (exact) mass is 208 g/mol. The van der Waals surface area contributed by atoms with Crippen LogP contribution in [0.2, 0.25) is 0 Å². The second-order valence-corrected chi connectivity index (χ2v) is 8.41. The zero-order valence-electron chi connectivity index (χ0n) is 6.15. The van der Waals surface area contributed by atoms with Crippen LogP contribution >= 0.6 is 17.1 Å². The molecular weight excluding hydrogens is 199 g/mol. The summed E-state index contributed by atoms with van der Waals surface area (Å²) in [7, 11) is 0. The Bertz CT molecular complexity index is 223. The third-order valence-electron chi connectivity index (χ3n) is 1.30. The summed E-state index contributed by atoms with van der Waals surface area (Å²) in [5, 5.41) is 0. The van der Waals surface area contributed by atoms with Gasteiger partial charge in [-0.25, -0.2) is 0 Å². The number of terminal acetylenes is 1. The molecule has 0 saturated carbocycles. The van der Waals surface area contributed by atoms with E-state index in [0.29, 0.717) is 6.61 Å². The Morgan fingerprint density at radius 3 is 3.09 bits per heavy atom. The van der Waals surface area contributed by atoms with E-state index >= 15 is 0 Å². The zero-order chi connectivity index (χ0) is 8.32. The van der Waals surface area contributed by atoms with Gasteiger partial charge >= 0.3 is 0 Å². The first-order valence-electron chi connectivity index (χ1n) is 3.15. The minimum atomic E-state index is -2.06. The highest BCUT2D eigenvalue weighted by atomic mass is 32.9. The molecule has 0 aromatic heterocycles. The Morgan fingerprint density at radius 1 is 1.82 bits per heavy atom. The molecule has 0 radical (unpaired) electrons. The maximum atomic E-state index is 5.40. The summed E-state index contributed by atoms with van der Waals surface area (Å²) in [5.74, 6) is 2.54. The Hall–Kier alpha value is 0.480. The lowest BCUT2D eigenvalue weighted by atomic mass is 10.3. The number of rotatable bonds is 1. The van der Waals surface area contributed by atoms with Gasteiger partial charge in [0.25, 0.3) is 0 Å². The molecule has 11 heavy (non-hydrogen) atoms. The first-order chi connectivity index (χ1) is 5.20. The predicted octanol–water partition coefficient (Wildman–Crippen LogP) is 2.01. The highest BCUT2D eigenvalue weighted by Gasteiger charge is 2.27. The lowest BCUT2D eigenvalue weighted by Crippen LogP contribution is -2.17. The van der Waals surface area contributed by atoms with Gasteiger partial charge in [0.2, 0.25) is 5.69 Å². The van der Waals surface area contributed by atoms with Gasteiger partial charge in [0.05, 0.1) is 6.61 Å². The summed E-state index contributed by atoms with van der Waals surface area (Å²) in [6.45, 7) is 0.632. The van der Waals surface area contributed by atoms with Gasteiger partial charge in [0, 0.05) is 6.42 Å². The maximum Gasteiger partial charge on any atom is 0.248 e. The first-order valence-corrected chi connectivity index (χ1v) is 7.62. The van der Waals surface area contributed by atoms with Crippen molar-refractivity contribution >= 4 is 28.9 Å². The predicted molar refractivity (Wildman–Crippen MR) is 52.1 cm³/mol. The van der Waals surface area contributed by atoms with Crippen LogP contribution in [0.5, 0.6) is 0 Å². The fourth-order valence-corrected chi connectivity index (χ4v) is 3.42. The average Bonchev–Trinajstić information content (AvgIpc) is 2.05. The highest BCUT2D eigenvalue weighted by molar-refractivity contribution is 8.67. The summed E-state index contributed by atoms with van der Waals surface area (Å²) in [6, 6.07) is 0. The molecule has 2 atom stereocenters. The molecule has 0 amide bonds. The summed E-state index contributed by atoms with van der Waals surface area (Å²) >= 11 is 6.59. The van der Waals surface area contributed by atoms with Crippen molar-refractivity contribution in [2.75, 3.05) is 12.9 Å². The molecule has 1 heterocycles. The van der Waals surface area contributed by atoms with Crippen molar-refractivity contribution in [3.8, 4) is 12.3 Å². The van der Waals surface area contributed by atoms with E-state index in [-0.39, 0.29) is 6.10 Å². The smallest absolute Gasteiger partial charge is 0.248 e. The van der Waals surface area contributed by atoms with Crippen LogP contribution in [0.3, 0.4) is 0 Å². The van der Waals surface area contributed by atoms with Gasteiger partial charge in [-0.3, -0.25) is 0 Å². The average molecular weight is 208 g/mol. The van der Waals surface area contributed by atoms with Gasteiger partial charge in [0.15, 0.2) is 0 Å². The van der Waals surface area contributed by atoms with E-state index in [9.17, 15) is 0 Å². The van der Waals surface area contributed by atoms with Crippen LogP contribution in [-0.2, 0) is 20.9 Å². The van der Waals surface area contributed by atoms with Crippen LogP contribution in [0, 0.1) is 12.3 Å². The Labute approximate surface area is 75.9 Å². The topological polar surface area (TPSA) is 18.5 Å². The van der Waals surface area contributed by atoms with Crippen LogP contribution < -0.4 is 0 Å². The van der Waals surface area contributed by atoms with E-state index in [0.717, 1.165) is 6.42 Å². The molecule has 5 heteroatoms. The molecule has 0 bridgehead atoms. The minimum Gasteiger partial charge on any atom is -0.322 e. The van der Waals surface area contributed by atoms with Crippen molar-refractivity contribution in [2.45, 2.75) is 12.5 Å². The lowest BCUT2D eigenvalue weighted by molar-refractivity contribution is 0.152.